The Morgan fingerprint density at radius 1 is 1.32 bits per heavy atom. The third kappa shape index (κ3) is 3.35. The number of halogens is 1. The molecular formula is C14H17BrN2O2. The zero-order chi connectivity index (χ0) is 14.0. The molecule has 19 heavy (non-hydrogen) atoms. The standard InChI is InChI=1S/C14H17BrN2O2/c1-8-5-9(7-10(15)6-8)14(19)17-12-4-2-3-11(12)13(16)18/h5-7,11-12H,2-4H2,1H3,(H2,16,18)(H,17,19)/t11-,12-/m0/s1. The van der Waals surface area contributed by atoms with E-state index in [1.54, 1.807) is 6.07 Å². The van der Waals surface area contributed by atoms with Crippen LogP contribution in [0.15, 0.2) is 22.7 Å². The van der Waals surface area contributed by atoms with Crippen LogP contribution in [-0.4, -0.2) is 17.9 Å². The molecule has 0 aliphatic heterocycles. The molecule has 0 aromatic heterocycles. The van der Waals surface area contributed by atoms with E-state index in [9.17, 15) is 9.59 Å². The molecule has 3 N–H and O–H groups in total. The predicted molar refractivity (Wildman–Crippen MR) is 76.7 cm³/mol. The highest BCUT2D eigenvalue weighted by molar-refractivity contribution is 9.10. The molecule has 0 spiro atoms. The molecule has 5 heteroatoms. The van der Waals surface area contributed by atoms with Gasteiger partial charge < -0.3 is 11.1 Å². The van der Waals surface area contributed by atoms with E-state index in [0.717, 1.165) is 29.3 Å². The Kier molecular flexibility index (Phi) is 4.24. The highest BCUT2D eigenvalue weighted by Gasteiger charge is 2.32. The number of nitrogens with two attached hydrogens (primary N) is 1. The van der Waals surface area contributed by atoms with Crippen molar-refractivity contribution in [2.75, 3.05) is 0 Å². The lowest BCUT2D eigenvalue weighted by atomic mass is 10.0. The molecule has 0 saturated heterocycles. The summed E-state index contributed by atoms with van der Waals surface area (Å²) < 4.78 is 0.871. The van der Waals surface area contributed by atoms with Crippen LogP contribution in [0.25, 0.3) is 0 Å². The third-order valence-corrected chi connectivity index (χ3v) is 3.96. The van der Waals surface area contributed by atoms with Crippen LogP contribution in [0.3, 0.4) is 0 Å². The molecule has 0 bridgehead atoms. The maximum Gasteiger partial charge on any atom is 0.251 e. The summed E-state index contributed by atoms with van der Waals surface area (Å²) in [6, 6.07) is 5.41. The van der Waals surface area contributed by atoms with E-state index >= 15 is 0 Å². The first-order valence-electron chi connectivity index (χ1n) is 6.35. The van der Waals surface area contributed by atoms with Gasteiger partial charge >= 0.3 is 0 Å². The molecular weight excluding hydrogens is 308 g/mol. The van der Waals surface area contributed by atoms with Crippen molar-refractivity contribution < 1.29 is 9.59 Å². The van der Waals surface area contributed by atoms with Crippen molar-refractivity contribution in [1.29, 1.82) is 0 Å². The molecule has 2 amide bonds. The van der Waals surface area contributed by atoms with Crippen LogP contribution in [0.5, 0.6) is 0 Å². The van der Waals surface area contributed by atoms with Crippen molar-refractivity contribution in [3.05, 3.63) is 33.8 Å². The second kappa shape index (κ2) is 5.74. The van der Waals surface area contributed by atoms with Crippen LogP contribution >= 0.6 is 15.9 Å². The summed E-state index contributed by atoms with van der Waals surface area (Å²) in [4.78, 5) is 23.5. The van der Waals surface area contributed by atoms with E-state index in [1.165, 1.54) is 0 Å². The number of amides is 2. The molecule has 1 aromatic carbocycles. The first kappa shape index (κ1) is 14.1. The first-order chi connectivity index (χ1) is 8.97. The summed E-state index contributed by atoms with van der Waals surface area (Å²) in [7, 11) is 0. The van der Waals surface area contributed by atoms with Gasteiger partial charge in [-0.15, -0.1) is 0 Å². The van der Waals surface area contributed by atoms with Crippen molar-refractivity contribution >= 4 is 27.7 Å². The summed E-state index contributed by atoms with van der Waals surface area (Å²) in [6.07, 6.45) is 2.50. The molecule has 0 heterocycles. The minimum atomic E-state index is -0.326. The second-order valence-corrected chi connectivity index (χ2v) is 5.95. The molecule has 2 rings (SSSR count). The van der Waals surface area contributed by atoms with Gasteiger partial charge in [0, 0.05) is 16.1 Å². The largest absolute Gasteiger partial charge is 0.369 e. The molecule has 2 atom stereocenters. The summed E-state index contributed by atoms with van der Waals surface area (Å²) in [5.74, 6) is -0.715. The van der Waals surface area contributed by atoms with Crippen LogP contribution in [0.1, 0.15) is 35.2 Å². The lowest BCUT2D eigenvalue weighted by Crippen LogP contribution is -2.42. The van der Waals surface area contributed by atoms with Gasteiger partial charge in [-0.3, -0.25) is 9.59 Å². The zero-order valence-corrected chi connectivity index (χ0v) is 12.4. The van der Waals surface area contributed by atoms with E-state index in [-0.39, 0.29) is 23.8 Å². The summed E-state index contributed by atoms with van der Waals surface area (Å²) in [6.45, 7) is 1.93. The van der Waals surface area contributed by atoms with Crippen molar-refractivity contribution in [2.24, 2.45) is 11.7 Å². The highest BCUT2D eigenvalue weighted by atomic mass is 79.9. The quantitative estimate of drug-likeness (QED) is 0.894. The van der Waals surface area contributed by atoms with Gasteiger partial charge in [0.1, 0.15) is 0 Å². The Morgan fingerprint density at radius 3 is 2.68 bits per heavy atom. The number of benzene rings is 1. The van der Waals surface area contributed by atoms with E-state index in [0.29, 0.717) is 5.56 Å². The van der Waals surface area contributed by atoms with Crippen LogP contribution in [-0.2, 0) is 4.79 Å². The molecule has 4 nitrogen and oxygen atoms in total. The molecule has 1 aliphatic carbocycles. The Morgan fingerprint density at radius 2 is 2.05 bits per heavy atom. The molecule has 1 aromatic rings. The van der Waals surface area contributed by atoms with Crippen LogP contribution in [0, 0.1) is 12.8 Å². The van der Waals surface area contributed by atoms with E-state index in [4.69, 9.17) is 5.73 Å². The van der Waals surface area contributed by atoms with Gasteiger partial charge in [-0.05, 0) is 43.5 Å². The fraction of sp³-hybridized carbons (Fsp3) is 0.429. The van der Waals surface area contributed by atoms with E-state index < -0.39 is 0 Å². The van der Waals surface area contributed by atoms with Crippen LogP contribution in [0.2, 0.25) is 0 Å². The monoisotopic (exact) mass is 324 g/mol. The van der Waals surface area contributed by atoms with Gasteiger partial charge in [0.05, 0.1) is 5.92 Å². The van der Waals surface area contributed by atoms with Crippen molar-refractivity contribution in [2.45, 2.75) is 32.2 Å². The Hall–Kier alpha value is -1.36. The Bertz CT molecular complexity index is 496. The number of hydrogen-bond donors (Lipinski definition) is 2. The minimum Gasteiger partial charge on any atom is -0.369 e. The summed E-state index contributed by atoms with van der Waals surface area (Å²) in [5.41, 5.74) is 6.96. The fourth-order valence-corrected chi connectivity index (χ4v) is 3.20. The third-order valence-electron chi connectivity index (χ3n) is 3.50. The lowest BCUT2D eigenvalue weighted by molar-refractivity contribution is -0.122. The molecule has 102 valence electrons. The maximum absolute atomic E-state index is 12.2. The average Bonchev–Trinajstić information content (AvgIpc) is 2.75. The number of carbonyl (C=O) groups excluding carboxylic acids is 2. The Balaban J connectivity index is 2.10. The predicted octanol–water partition coefficient (Wildman–Crippen LogP) is 2.14. The number of carbonyl (C=O) groups is 2. The number of aryl methyl sites for hydroxylation is 1. The molecule has 0 radical (unpaired) electrons. The van der Waals surface area contributed by atoms with Crippen molar-refractivity contribution in [3.8, 4) is 0 Å². The molecule has 1 aliphatic rings. The van der Waals surface area contributed by atoms with Gasteiger partial charge in [-0.25, -0.2) is 0 Å². The smallest absolute Gasteiger partial charge is 0.251 e. The SMILES string of the molecule is Cc1cc(Br)cc(C(=O)N[C@H]2CCC[C@@H]2C(N)=O)c1. The summed E-state index contributed by atoms with van der Waals surface area (Å²) in [5, 5.41) is 2.92. The molecule has 1 fully saturated rings. The number of hydrogen-bond acceptors (Lipinski definition) is 2. The average molecular weight is 325 g/mol. The number of primary amides is 1. The van der Waals surface area contributed by atoms with Crippen LogP contribution < -0.4 is 11.1 Å². The van der Waals surface area contributed by atoms with E-state index in [1.807, 2.05) is 19.1 Å². The topological polar surface area (TPSA) is 72.2 Å². The molecule has 1 saturated carbocycles. The van der Waals surface area contributed by atoms with Gasteiger partial charge in [0.25, 0.3) is 5.91 Å². The Labute approximate surface area is 120 Å². The van der Waals surface area contributed by atoms with Crippen molar-refractivity contribution in [1.82, 2.24) is 5.32 Å². The maximum atomic E-state index is 12.2. The van der Waals surface area contributed by atoms with E-state index in [2.05, 4.69) is 21.2 Å². The molecule has 0 unspecified atom stereocenters. The lowest BCUT2D eigenvalue weighted by Gasteiger charge is -2.18. The van der Waals surface area contributed by atoms with Gasteiger partial charge in [-0.1, -0.05) is 22.4 Å². The van der Waals surface area contributed by atoms with Gasteiger partial charge in [0.15, 0.2) is 0 Å². The van der Waals surface area contributed by atoms with Crippen molar-refractivity contribution in [3.63, 3.8) is 0 Å². The van der Waals surface area contributed by atoms with Gasteiger partial charge in [-0.2, -0.15) is 0 Å². The minimum absolute atomic E-state index is 0.135. The summed E-state index contributed by atoms with van der Waals surface area (Å²) >= 11 is 3.37. The van der Waals surface area contributed by atoms with Crippen LogP contribution in [0.4, 0.5) is 0 Å². The fourth-order valence-electron chi connectivity index (χ4n) is 2.59. The highest BCUT2D eigenvalue weighted by Crippen LogP contribution is 2.26. The zero-order valence-electron chi connectivity index (χ0n) is 10.8. The number of rotatable bonds is 3. The second-order valence-electron chi connectivity index (χ2n) is 5.04. The number of nitrogens with one attached hydrogen (secondary N) is 1. The normalized spacial score (nSPS) is 22.2. The first-order valence-corrected chi connectivity index (χ1v) is 7.14. The van der Waals surface area contributed by atoms with Gasteiger partial charge in [0.2, 0.25) is 5.91 Å².